The topological polar surface area (TPSA) is 51.7 Å². The van der Waals surface area contributed by atoms with Crippen LogP contribution in [0.15, 0.2) is 57.8 Å². The van der Waals surface area contributed by atoms with Gasteiger partial charge in [0.05, 0.1) is 16.9 Å². The Kier molecular flexibility index (Phi) is 4.26. The van der Waals surface area contributed by atoms with Crippen LogP contribution in [0.4, 0.5) is 14.3 Å². The molecule has 0 atom stereocenters. The van der Waals surface area contributed by atoms with E-state index in [2.05, 4.69) is 33.8 Å². The first-order valence-corrected chi connectivity index (χ1v) is 9.22. The minimum atomic E-state index is -4.57. The van der Waals surface area contributed by atoms with Crippen LogP contribution < -0.4 is 10.3 Å². The molecule has 8 heteroatoms. The fraction of sp³-hybridized carbons (Fsp3) is 0.238. The van der Waals surface area contributed by atoms with Gasteiger partial charge in [0.1, 0.15) is 18.4 Å². The van der Waals surface area contributed by atoms with Crippen molar-refractivity contribution in [2.75, 3.05) is 7.05 Å². The van der Waals surface area contributed by atoms with E-state index in [9.17, 15) is 13.4 Å². The second-order valence-corrected chi connectivity index (χ2v) is 7.63. The summed E-state index contributed by atoms with van der Waals surface area (Å²) in [6.07, 6.45) is 4.75. The van der Waals surface area contributed by atoms with Crippen LogP contribution in [0.2, 0.25) is 0 Å². The third kappa shape index (κ3) is 3.18. The van der Waals surface area contributed by atoms with E-state index < -0.39 is 12.7 Å². The largest absolute Gasteiger partial charge is 0.725 e. The van der Waals surface area contributed by atoms with Crippen molar-refractivity contribution < 1.29 is 26.9 Å². The number of allylic oxidation sites excluding steroid dienone is 3. The third-order valence-electron chi connectivity index (χ3n) is 5.26. The lowest BCUT2D eigenvalue weighted by Crippen LogP contribution is -2.40. The molecule has 2 aliphatic rings. The van der Waals surface area contributed by atoms with Crippen molar-refractivity contribution >= 4 is 24.3 Å². The second kappa shape index (κ2) is 6.44. The second-order valence-electron chi connectivity index (χ2n) is 7.63. The van der Waals surface area contributed by atoms with E-state index in [1.54, 1.807) is 6.08 Å². The van der Waals surface area contributed by atoms with Gasteiger partial charge in [0.25, 0.3) is 0 Å². The normalized spacial score (nSPS) is 20.4. The molecule has 0 radical (unpaired) electrons. The minimum Gasteiger partial charge on any atom is -0.627 e. The van der Waals surface area contributed by atoms with Crippen LogP contribution in [-0.2, 0) is 10.1 Å². The maximum atomic E-state index is 13.9. The van der Waals surface area contributed by atoms with Crippen molar-refractivity contribution in [2.45, 2.75) is 26.2 Å². The van der Waals surface area contributed by atoms with Crippen molar-refractivity contribution in [2.24, 2.45) is 0 Å². The van der Waals surface area contributed by atoms with E-state index in [4.69, 9.17) is 4.42 Å². The lowest BCUT2D eigenvalue weighted by atomic mass is 9.81. The van der Waals surface area contributed by atoms with Gasteiger partial charge in [-0.25, -0.2) is 4.79 Å². The van der Waals surface area contributed by atoms with Crippen LogP contribution in [0.5, 0.6) is 5.75 Å². The highest BCUT2D eigenvalue weighted by atomic mass is 19.3. The van der Waals surface area contributed by atoms with Gasteiger partial charge in [-0.2, -0.15) is 4.58 Å². The monoisotopic (exact) mass is 399 g/mol. The predicted molar refractivity (Wildman–Crippen MR) is 107 cm³/mol. The molecule has 0 amide bonds. The minimum absolute atomic E-state index is 0.152. The van der Waals surface area contributed by atoms with Gasteiger partial charge >= 0.3 is 12.7 Å². The molecule has 0 spiro atoms. The average Bonchev–Trinajstić information content (AvgIpc) is 2.81. The molecule has 0 aliphatic carbocycles. The van der Waals surface area contributed by atoms with Gasteiger partial charge in [-0.1, -0.05) is 24.3 Å². The standard InChI is InChI=1S/C21H20BF2NO4/c1-13-12-17-19(20(26)27-13)16(28-22(23,24)29-17)10-7-11-18-21(2,3)14-8-5-6-9-15(14)25(18)4/h5-12H,1-4H3/b11-7+,16-10-. The number of benzene rings is 1. The van der Waals surface area contributed by atoms with Crippen molar-refractivity contribution in [3.05, 3.63) is 75.9 Å². The van der Waals surface area contributed by atoms with Crippen molar-refractivity contribution in [1.82, 2.24) is 0 Å². The molecule has 3 heterocycles. The van der Waals surface area contributed by atoms with Crippen molar-refractivity contribution in [3.63, 3.8) is 0 Å². The molecule has 0 saturated heterocycles. The molecule has 0 saturated carbocycles. The first kappa shape index (κ1) is 19.2. The van der Waals surface area contributed by atoms with E-state index in [0.29, 0.717) is 0 Å². The number of hydrogen-bond donors (Lipinski definition) is 0. The maximum Gasteiger partial charge on any atom is 0.725 e. The molecule has 2 aromatic rings. The molecule has 5 nitrogen and oxygen atoms in total. The zero-order chi connectivity index (χ0) is 21.0. The van der Waals surface area contributed by atoms with Gasteiger partial charge in [-0.15, -0.1) is 0 Å². The number of hydrogen-bond acceptors (Lipinski definition) is 4. The Morgan fingerprint density at radius 2 is 1.90 bits per heavy atom. The Morgan fingerprint density at radius 3 is 2.62 bits per heavy atom. The average molecular weight is 399 g/mol. The Balaban J connectivity index is 1.75. The van der Waals surface area contributed by atoms with E-state index in [-0.39, 0.29) is 28.2 Å². The molecule has 0 bridgehead atoms. The summed E-state index contributed by atoms with van der Waals surface area (Å²) in [5, 5.41) is 0. The zero-order valence-electron chi connectivity index (χ0n) is 16.5. The smallest absolute Gasteiger partial charge is 0.627 e. The van der Waals surface area contributed by atoms with E-state index >= 15 is 0 Å². The molecule has 4 rings (SSSR count). The molecule has 29 heavy (non-hydrogen) atoms. The van der Waals surface area contributed by atoms with Crippen LogP contribution in [-0.4, -0.2) is 24.4 Å². The van der Waals surface area contributed by atoms with Crippen LogP contribution in [0, 0.1) is 6.92 Å². The summed E-state index contributed by atoms with van der Waals surface area (Å²) >= 11 is 0. The molecule has 2 aliphatic heterocycles. The highest BCUT2D eigenvalue weighted by Crippen LogP contribution is 2.39. The molecule has 0 fully saturated rings. The van der Waals surface area contributed by atoms with Gasteiger partial charge in [0, 0.05) is 23.8 Å². The van der Waals surface area contributed by atoms with Gasteiger partial charge in [-0.05, 0) is 26.8 Å². The number of nitrogens with zero attached hydrogens (tertiary/aromatic N) is 1. The fourth-order valence-corrected chi connectivity index (χ4v) is 3.93. The van der Waals surface area contributed by atoms with E-state index in [1.165, 1.54) is 24.6 Å². The highest BCUT2D eigenvalue weighted by molar-refractivity contribution is 6.54. The number of aryl methyl sites for hydroxylation is 1. The highest BCUT2D eigenvalue weighted by Gasteiger charge is 2.43. The quantitative estimate of drug-likeness (QED) is 0.557. The maximum absolute atomic E-state index is 13.9. The molecule has 1 aromatic heterocycles. The number of rotatable bonds is 2. The van der Waals surface area contributed by atoms with Crippen LogP contribution in [0.25, 0.3) is 5.76 Å². The Hall–Kier alpha value is -3.16. The summed E-state index contributed by atoms with van der Waals surface area (Å²) < 4.78 is 44.1. The summed E-state index contributed by atoms with van der Waals surface area (Å²) in [6, 6.07) is 9.32. The van der Waals surface area contributed by atoms with Gasteiger partial charge < -0.3 is 22.4 Å². The fourth-order valence-electron chi connectivity index (χ4n) is 3.93. The Morgan fingerprint density at radius 1 is 1.17 bits per heavy atom. The van der Waals surface area contributed by atoms with Gasteiger partial charge in [0.2, 0.25) is 5.69 Å². The molecule has 0 unspecified atom stereocenters. The first-order chi connectivity index (χ1) is 13.6. The summed E-state index contributed by atoms with van der Waals surface area (Å²) in [5.41, 5.74) is 2.04. The number of para-hydroxylation sites is 1. The third-order valence-corrected chi connectivity index (χ3v) is 5.26. The van der Waals surface area contributed by atoms with Crippen LogP contribution in [0.3, 0.4) is 0 Å². The van der Waals surface area contributed by atoms with Crippen LogP contribution >= 0.6 is 0 Å². The molecule has 150 valence electrons. The lowest BCUT2D eigenvalue weighted by molar-refractivity contribution is -0.401. The molecule has 1 aromatic carbocycles. The SMILES string of the molecule is Cc1cc2c(c(=O)o1)/C(=C/C=C/C1=[N+](C)c3ccccc3C1(C)C)O[B-](F)(F)O2. The summed E-state index contributed by atoms with van der Waals surface area (Å²) in [5.74, 6) is -0.342. The molecular formula is C21H20BF2NO4. The van der Waals surface area contributed by atoms with Gasteiger partial charge in [0.15, 0.2) is 5.71 Å². The predicted octanol–water partition coefficient (Wildman–Crippen LogP) is 4.34. The molecular weight excluding hydrogens is 379 g/mol. The summed E-state index contributed by atoms with van der Waals surface area (Å²) in [7, 11) is -2.62. The summed E-state index contributed by atoms with van der Waals surface area (Å²) in [6.45, 7) is 5.68. The summed E-state index contributed by atoms with van der Waals surface area (Å²) in [4.78, 5) is 12.2. The Bertz CT molecular complexity index is 1160. The van der Waals surface area contributed by atoms with E-state index in [1.807, 2.05) is 31.3 Å². The first-order valence-electron chi connectivity index (χ1n) is 9.22. The van der Waals surface area contributed by atoms with Gasteiger partial charge in [-0.3, -0.25) is 0 Å². The number of fused-ring (bicyclic) bond motifs is 2. The number of halogens is 2. The Labute approximate surface area is 166 Å². The van der Waals surface area contributed by atoms with Crippen LogP contribution in [0.1, 0.15) is 30.7 Å². The van der Waals surface area contributed by atoms with Crippen molar-refractivity contribution in [1.29, 1.82) is 0 Å². The van der Waals surface area contributed by atoms with E-state index in [0.717, 1.165) is 11.4 Å². The zero-order valence-corrected chi connectivity index (χ0v) is 16.5. The molecule has 0 N–H and O–H groups in total. The lowest BCUT2D eigenvalue weighted by Gasteiger charge is -2.35. The van der Waals surface area contributed by atoms with Crippen molar-refractivity contribution in [3.8, 4) is 5.75 Å².